The topological polar surface area (TPSA) is 62.3 Å². The van der Waals surface area contributed by atoms with Crippen LogP contribution in [-0.2, 0) is 4.79 Å². The Morgan fingerprint density at radius 1 is 1.20 bits per heavy atom. The highest BCUT2D eigenvalue weighted by Gasteiger charge is 2.29. The molecule has 1 aliphatic rings. The highest BCUT2D eigenvalue weighted by molar-refractivity contribution is 6.30. The molecule has 1 aromatic carbocycles. The number of hydrogen-bond donors (Lipinski definition) is 1. The quantitative estimate of drug-likeness (QED) is 0.911. The molecule has 0 spiro atoms. The summed E-state index contributed by atoms with van der Waals surface area (Å²) >= 11 is 5.78. The summed E-state index contributed by atoms with van der Waals surface area (Å²) in [5, 5.41) is 3.24. The normalized spacial score (nSPS) is 17.2. The second kappa shape index (κ2) is 7.61. The highest BCUT2D eigenvalue weighted by Crippen LogP contribution is 2.20. The van der Waals surface area contributed by atoms with Crippen molar-refractivity contribution >= 4 is 29.2 Å². The van der Waals surface area contributed by atoms with Crippen molar-refractivity contribution in [3.63, 3.8) is 0 Å². The second-order valence-electron chi connectivity index (χ2n) is 5.95. The van der Waals surface area contributed by atoms with Gasteiger partial charge in [-0.3, -0.25) is 9.59 Å². The van der Waals surface area contributed by atoms with E-state index in [1.807, 2.05) is 0 Å². The van der Waals surface area contributed by atoms with Crippen molar-refractivity contribution in [1.82, 2.24) is 9.88 Å². The Bertz CT molecular complexity index is 765. The molecule has 0 aliphatic carbocycles. The number of halogens is 2. The summed E-state index contributed by atoms with van der Waals surface area (Å²) < 4.78 is 13.0. The maximum Gasteiger partial charge on any atom is 0.253 e. The van der Waals surface area contributed by atoms with Gasteiger partial charge in [0.05, 0.1) is 10.9 Å². The molecule has 3 rings (SSSR count). The van der Waals surface area contributed by atoms with Gasteiger partial charge in [0.25, 0.3) is 5.91 Å². The van der Waals surface area contributed by atoms with Crippen molar-refractivity contribution in [2.24, 2.45) is 5.92 Å². The van der Waals surface area contributed by atoms with E-state index in [9.17, 15) is 14.0 Å². The Labute approximate surface area is 149 Å². The molecule has 1 fully saturated rings. The van der Waals surface area contributed by atoms with Crippen molar-refractivity contribution in [2.75, 3.05) is 18.4 Å². The van der Waals surface area contributed by atoms with Crippen molar-refractivity contribution in [2.45, 2.75) is 12.8 Å². The summed E-state index contributed by atoms with van der Waals surface area (Å²) in [4.78, 5) is 30.6. The van der Waals surface area contributed by atoms with Crippen molar-refractivity contribution in [3.05, 3.63) is 59.0 Å². The number of nitrogens with one attached hydrogen (secondary N) is 1. The zero-order valence-corrected chi connectivity index (χ0v) is 14.2. The molecule has 5 nitrogen and oxygen atoms in total. The highest BCUT2D eigenvalue weighted by atomic mass is 35.5. The van der Waals surface area contributed by atoms with Crippen LogP contribution in [0.25, 0.3) is 0 Å². The van der Waals surface area contributed by atoms with Crippen LogP contribution in [0.4, 0.5) is 10.2 Å². The number of amides is 2. The van der Waals surface area contributed by atoms with E-state index in [-0.39, 0.29) is 23.5 Å². The molecule has 7 heteroatoms. The maximum atomic E-state index is 13.0. The zero-order valence-electron chi connectivity index (χ0n) is 13.4. The number of piperidine rings is 1. The molecule has 0 radical (unpaired) electrons. The van der Waals surface area contributed by atoms with Gasteiger partial charge in [-0.15, -0.1) is 0 Å². The van der Waals surface area contributed by atoms with E-state index in [0.29, 0.717) is 35.9 Å². The number of rotatable bonds is 3. The molecule has 0 unspecified atom stereocenters. The first-order valence-corrected chi connectivity index (χ1v) is 8.38. The first-order chi connectivity index (χ1) is 12.0. The Balaban J connectivity index is 1.63. The van der Waals surface area contributed by atoms with E-state index in [1.165, 1.54) is 30.5 Å². The lowest BCUT2D eigenvalue weighted by molar-refractivity contribution is -0.121. The summed E-state index contributed by atoms with van der Waals surface area (Å²) in [6, 6.07) is 8.71. The molecule has 1 aromatic heterocycles. The fourth-order valence-electron chi connectivity index (χ4n) is 2.83. The minimum atomic E-state index is -0.386. The van der Waals surface area contributed by atoms with Gasteiger partial charge in [-0.1, -0.05) is 11.6 Å². The summed E-state index contributed by atoms with van der Waals surface area (Å²) in [6.45, 7) is 0.912. The van der Waals surface area contributed by atoms with Gasteiger partial charge in [-0.05, 0) is 49.2 Å². The van der Waals surface area contributed by atoms with Gasteiger partial charge < -0.3 is 10.2 Å². The van der Waals surface area contributed by atoms with Crippen molar-refractivity contribution < 1.29 is 14.0 Å². The summed E-state index contributed by atoms with van der Waals surface area (Å²) in [6.07, 6.45) is 2.90. The zero-order chi connectivity index (χ0) is 17.8. The Morgan fingerprint density at radius 3 is 2.64 bits per heavy atom. The van der Waals surface area contributed by atoms with Gasteiger partial charge in [0, 0.05) is 24.8 Å². The fraction of sp³-hybridized carbons (Fsp3) is 0.278. The van der Waals surface area contributed by atoms with Gasteiger partial charge >= 0.3 is 0 Å². The van der Waals surface area contributed by atoms with Gasteiger partial charge in [-0.2, -0.15) is 0 Å². The van der Waals surface area contributed by atoms with Crippen molar-refractivity contribution in [3.8, 4) is 0 Å². The third kappa shape index (κ3) is 4.33. The van der Waals surface area contributed by atoms with E-state index >= 15 is 0 Å². The number of aromatic nitrogens is 1. The monoisotopic (exact) mass is 361 g/mol. The lowest BCUT2D eigenvalue weighted by Gasteiger charge is -2.32. The lowest BCUT2D eigenvalue weighted by atomic mass is 9.96. The first-order valence-electron chi connectivity index (χ1n) is 8.00. The maximum absolute atomic E-state index is 13.0. The number of anilines is 1. The summed E-state index contributed by atoms with van der Waals surface area (Å²) in [7, 11) is 0. The van der Waals surface area contributed by atoms with Crippen molar-refractivity contribution in [1.29, 1.82) is 0 Å². The number of carbonyl (C=O) groups is 2. The molecule has 130 valence electrons. The van der Waals surface area contributed by atoms with Crippen LogP contribution in [0.3, 0.4) is 0 Å². The molecule has 2 heterocycles. The van der Waals surface area contributed by atoms with E-state index in [4.69, 9.17) is 11.6 Å². The first kappa shape index (κ1) is 17.4. The average molecular weight is 362 g/mol. The van der Waals surface area contributed by atoms with Crippen LogP contribution in [0.5, 0.6) is 0 Å². The Morgan fingerprint density at radius 2 is 1.96 bits per heavy atom. The van der Waals surface area contributed by atoms with Crippen LogP contribution in [0.2, 0.25) is 5.02 Å². The molecule has 2 amide bonds. The number of nitrogens with zero attached hydrogens (tertiary/aromatic N) is 2. The van der Waals surface area contributed by atoms with Gasteiger partial charge in [0.1, 0.15) is 11.6 Å². The minimum absolute atomic E-state index is 0.175. The Hall–Kier alpha value is -2.47. The SMILES string of the molecule is O=C(Nc1ccc(Cl)cn1)[C@H]1CCCN(C(=O)c2ccc(F)cc2)C1. The number of pyridine rings is 1. The predicted octanol–water partition coefficient (Wildman–Crippen LogP) is 3.37. The third-order valence-corrected chi connectivity index (χ3v) is 4.37. The van der Waals surface area contributed by atoms with E-state index in [1.54, 1.807) is 17.0 Å². The molecule has 0 saturated carbocycles. The number of hydrogen-bond acceptors (Lipinski definition) is 3. The molecule has 25 heavy (non-hydrogen) atoms. The van der Waals surface area contributed by atoms with Crippen LogP contribution < -0.4 is 5.32 Å². The molecule has 1 atom stereocenters. The molecule has 0 bridgehead atoms. The van der Waals surface area contributed by atoms with Crippen LogP contribution in [0.1, 0.15) is 23.2 Å². The Kier molecular flexibility index (Phi) is 5.28. The second-order valence-corrected chi connectivity index (χ2v) is 6.38. The smallest absolute Gasteiger partial charge is 0.253 e. The molecular weight excluding hydrogens is 345 g/mol. The van der Waals surface area contributed by atoms with E-state index in [2.05, 4.69) is 10.3 Å². The number of likely N-dealkylation sites (tertiary alicyclic amines) is 1. The summed E-state index contributed by atoms with van der Waals surface area (Å²) in [5.74, 6) is -0.636. The number of benzene rings is 1. The van der Waals surface area contributed by atoms with Crippen LogP contribution in [0, 0.1) is 11.7 Å². The molecular formula is C18H17ClFN3O2. The number of carbonyl (C=O) groups excluding carboxylic acids is 2. The molecule has 1 saturated heterocycles. The standard InChI is InChI=1S/C18H17ClFN3O2/c19-14-5-8-16(21-10-14)22-17(24)13-2-1-9-23(11-13)18(25)12-3-6-15(20)7-4-12/h3-8,10,13H,1-2,9,11H2,(H,21,22,24)/t13-/m0/s1. The summed E-state index contributed by atoms with van der Waals surface area (Å²) in [5.41, 5.74) is 0.418. The molecule has 1 N–H and O–H groups in total. The van der Waals surface area contributed by atoms with Gasteiger partial charge in [-0.25, -0.2) is 9.37 Å². The van der Waals surface area contributed by atoms with Crippen LogP contribution in [0.15, 0.2) is 42.6 Å². The van der Waals surface area contributed by atoms with Gasteiger partial charge in [0.2, 0.25) is 5.91 Å². The predicted molar refractivity (Wildman–Crippen MR) is 92.9 cm³/mol. The third-order valence-electron chi connectivity index (χ3n) is 4.15. The molecule has 2 aromatic rings. The largest absolute Gasteiger partial charge is 0.338 e. The van der Waals surface area contributed by atoms with E-state index in [0.717, 1.165) is 6.42 Å². The van der Waals surface area contributed by atoms with Crippen LogP contribution >= 0.6 is 11.6 Å². The van der Waals surface area contributed by atoms with E-state index < -0.39 is 0 Å². The lowest BCUT2D eigenvalue weighted by Crippen LogP contribution is -2.43. The minimum Gasteiger partial charge on any atom is -0.338 e. The fourth-order valence-corrected chi connectivity index (χ4v) is 2.94. The molecule has 1 aliphatic heterocycles. The van der Waals surface area contributed by atoms with Gasteiger partial charge in [0.15, 0.2) is 0 Å². The average Bonchev–Trinajstić information content (AvgIpc) is 2.64. The van der Waals surface area contributed by atoms with Crippen LogP contribution in [-0.4, -0.2) is 34.8 Å².